The van der Waals surface area contributed by atoms with Gasteiger partial charge in [0.1, 0.15) is 0 Å². The SMILES string of the molecule is CCC(C)NS(=O)(=O)c1ccc(C(=O)OCC(N)=O)cc1. The van der Waals surface area contributed by atoms with Crippen LogP contribution < -0.4 is 10.5 Å². The van der Waals surface area contributed by atoms with E-state index >= 15 is 0 Å². The fourth-order valence-corrected chi connectivity index (χ4v) is 2.73. The summed E-state index contributed by atoms with van der Waals surface area (Å²) in [5.74, 6) is -1.51. The lowest BCUT2D eigenvalue weighted by Gasteiger charge is -2.12. The number of carbonyl (C=O) groups is 2. The molecule has 0 aliphatic rings. The van der Waals surface area contributed by atoms with E-state index in [9.17, 15) is 18.0 Å². The highest BCUT2D eigenvalue weighted by molar-refractivity contribution is 7.89. The number of sulfonamides is 1. The number of nitrogens with one attached hydrogen (secondary N) is 1. The Hall–Kier alpha value is -1.93. The summed E-state index contributed by atoms with van der Waals surface area (Å²) in [6, 6.07) is 5.04. The zero-order valence-corrected chi connectivity index (χ0v) is 12.6. The van der Waals surface area contributed by atoms with E-state index in [4.69, 9.17) is 5.73 Å². The minimum Gasteiger partial charge on any atom is -0.452 e. The average molecular weight is 314 g/mol. The number of carbonyl (C=O) groups excluding carboxylic acids is 2. The number of primary amides is 1. The van der Waals surface area contributed by atoms with Crippen LogP contribution in [0.25, 0.3) is 0 Å². The molecule has 1 rings (SSSR count). The Bertz CT molecular complexity index is 610. The third kappa shape index (κ3) is 5.16. The molecule has 0 aliphatic heterocycles. The Morgan fingerprint density at radius 1 is 1.29 bits per heavy atom. The maximum Gasteiger partial charge on any atom is 0.338 e. The first-order valence-electron chi connectivity index (χ1n) is 6.34. The van der Waals surface area contributed by atoms with Crippen molar-refractivity contribution in [2.45, 2.75) is 31.2 Å². The van der Waals surface area contributed by atoms with E-state index in [-0.39, 0.29) is 16.5 Å². The van der Waals surface area contributed by atoms with Crippen LogP contribution in [0.15, 0.2) is 29.2 Å². The van der Waals surface area contributed by atoms with Crippen molar-refractivity contribution in [1.29, 1.82) is 0 Å². The number of amides is 1. The Morgan fingerprint density at radius 2 is 1.86 bits per heavy atom. The minimum atomic E-state index is -3.62. The molecule has 21 heavy (non-hydrogen) atoms. The van der Waals surface area contributed by atoms with Crippen LogP contribution in [0.1, 0.15) is 30.6 Å². The number of nitrogens with two attached hydrogens (primary N) is 1. The largest absolute Gasteiger partial charge is 0.452 e. The second-order valence-corrected chi connectivity index (χ2v) is 6.21. The van der Waals surface area contributed by atoms with Crippen molar-refractivity contribution < 1.29 is 22.7 Å². The quantitative estimate of drug-likeness (QED) is 0.707. The van der Waals surface area contributed by atoms with Gasteiger partial charge in [-0.25, -0.2) is 17.9 Å². The molecule has 1 amide bonds. The normalized spacial score (nSPS) is 12.7. The predicted molar refractivity (Wildman–Crippen MR) is 76.0 cm³/mol. The van der Waals surface area contributed by atoms with Gasteiger partial charge in [0.2, 0.25) is 10.0 Å². The van der Waals surface area contributed by atoms with Gasteiger partial charge < -0.3 is 10.5 Å². The number of ether oxygens (including phenoxy) is 1. The van der Waals surface area contributed by atoms with E-state index in [0.717, 1.165) is 0 Å². The van der Waals surface area contributed by atoms with Crippen LogP contribution in [0.5, 0.6) is 0 Å². The molecule has 0 radical (unpaired) electrons. The molecule has 1 atom stereocenters. The molecule has 0 fully saturated rings. The van der Waals surface area contributed by atoms with Gasteiger partial charge in [0.25, 0.3) is 5.91 Å². The first kappa shape index (κ1) is 17.1. The molecule has 0 bridgehead atoms. The Morgan fingerprint density at radius 3 is 2.33 bits per heavy atom. The summed E-state index contributed by atoms with van der Waals surface area (Å²) in [6.07, 6.45) is 0.663. The first-order chi connectivity index (χ1) is 9.76. The first-order valence-corrected chi connectivity index (χ1v) is 7.82. The molecule has 7 nitrogen and oxygen atoms in total. The fourth-order valence-electron chi connectivity index (χ4n) is 1.41. The molecule has 0 aliphatic carbocycles. The summed E-state index contributed by atoms with van der Waals surface area (Å²) < 4.78 is 31.1. The van der Waals surface area contributed by atoms with Crippen molar-refractivity contribution in [3.8, 4) is 0 Å². The highest BCUT2D eigenvalue weighted by Gasteiger charge is 2.17. The fraction of sp³-hybridized carbons (Fsp3) is 0.385. The van der Waals surface area contributed by atoms with Crippen molar-refractivity contribution in [2.24, 2.45) is 5.73 Å². The second kappa shape index (κ2) is 7.19. The van der Waals surface area contributed by atoms with E-state index in [1.54, 1.807) is 6.92 Å². The maximum absolute atomic E-state index is 12.0. The van der Waals surface area contributed by atoms with Crippen LogP contribution in [-0.4, -0.2) is 32.9 Å². The van der Waals surface area contributed by atoms with Gasteiger partial charge in [-0.1, -0.05) is 6.92 Å². The van der Waals surface area contributed by atoms with E-state index in [0.29, 0.717) is 6.42 Å². The summed E-state index contributed by atoms with van der Waals surface area (Å²) in [4.78, 5) is 22.1. The second-order valence-electron chi connectivity index (χ2n) is 4.50. The van der Waals surface area contributed by atoms with Crippen LogP contribution >= 0.6 is 0 Å². The van der Waals surface area contributed by atoms with Gasteiger partial charge in [0, 0.05) is 6.04 Å². The number of hydrogen-bond donors (Lipinski definition) is 2. The Labute approximate surface area is 123 Å². The summed E-state index contributed by atoms with van der Waals surface area (Å²) in [6.45, 7) is 3.10. The standard InChI is InChI=1S/C13H18N2O5S/c1-3-9(2)15-21(18,19)11-6-4-10(5-7-11)13(17)20-8-12(14)16/h4-7,9,15H,3,8H2,1-2H3,(H2,14,16). The molecule has 1 aromatic rings. The molecule has 1 unspecified atom stereocenters. The molecule has 0 saturated heterocycles. The van der Waals surface area contributed by atoms with Gasteiger partial charge in [0.15, 0.2) is 6.61 Å². The topological polar surface area (TPSA) is 116 Å². The van der Waals surface area contributed by atoms with Crippen molar-refractivity contribution in [1.82, 2.24) is 4.72 Å². The highest BCUT2D eigenvalue weighted by Crippen LogP contribution is 2.12. The molecule has 116 valence electrons. The lowest BCUT2D eigenvalue weighted by Crippen LogP contribution is -2.32. The van der Waals surface area contributed by atoms with Crippen LogP contribution in [0, 0.1) is 0 Å². The zero-order valence-electron chi connectivity index (χ0n) is 11.8. The molecule has 8 heteroatoms. The highest BCUT2D eigenvalue weighted by atomic mass is 32.2. The molecular weight excluding hydrogens is 296 g/mol. The molecular formula is C13H18N2O5S. The van der Waals surface area contributed by atoms with Crippen LogP contribution in [0.2, 0.25) is 0 Å². The maximum atomic E-state index is 12.0. The minimum absolute atomic E-state index is 0.0502. The third-order valence-corrected chi connectivity index (χ3v) is 4.32. The zero-order chi connectivity index (χ0) is 16.0. The van der Waals surface area contributed by atoms with Crippen molar-refractivity contribution in [3.63, 3.8) is 0 Å². The molecule has 0 spiro atoms. The Balaban J connectivity index is 2.82. The summed E-state index contributed by atoms with van der Waals surface area (Å²) in [5, 5.41) is 0. The van der Waals surface area contributed by atoms with Gasteiger partial charge in [-0.15, -0.1) is 0 Å². The van der Waals surface area contributed by atoms with E-state index in [1.165, 1.54) is 24.3 Å². The average Bonchev–Trinajstić information content (AvgIpc) is 2.44. The summed E-state index contributed by atoms with van der Waals surface area (Å²) >= 11 is 0. The van der Waals surface area contributed by atoms with Crippen LogP contribution in [0.3, 0.4) is 0 Å². The molecule has 1 aromatic carbocycles. The number of hydrogen-bond acceptors (Lipinski definition) is 5. The molecule has 0 aromatic heterocycles. The summed E-state index contributed by atoms with van der Waals surface area (Å²) in [5.41, 5.74) is 4.99. The van der Waals surface area contributed by atoms with E-state index in [1.807, 2.05) is 6.92 Å². The van der Waals surface area contributed by atoms with E-state index < -0.39 is 28.5 Å². The van der Waals surface area contributed by atoms with Crippen molar-refractivity contribution in [3.05, 3.63) is 29.8 Å². The summed E-state index contributed by atoms with van der Waals surface area (Å²) in [7, 11) is -3.62. The molecule has 0 saturated carbocycles. The third-order valence-electron chi connectivity index (χ3n) is 2.71. The number of rotatable bonds is 7. The van der Waals surface area contributed by atoms with Gasteiger partial charge in [-0.3, -0.25) is 4.79 Å². The van der Waals surface area contributed by atoms with Crippen LogP contribution in [0.4, 0.5) is 0 Å². The van der Waals surface area contributed by atoms with Crippen molar-refractivity contribution >= 4 is 21.9 Å². The van der Waals surface area contributed by atoms with Gasteiger partial charge >= 0.3 is 5.97 Å². The van der Waals surface area contributed by atoms with Crippen molar-refractivity contribution in [2.75, 3.05) is 6.61 Å². The van der Waals surface area contributed by atoms with Gasteiger partial charge in [-0.2, -0.15) is 0 Å². The predicted octanol–water partition coefficient (Wildman–Crippen LogP) is 0.405. The number of esters is 1. The molecule has 0 heterocycles. The van der Waals surface area contributed by atoms with E-state index in [2.05, 4.69) is 9.46 Å². The Kier molecular flexibility index (Phi) is 5.86. The van der Waals surface area contributed by atoms with Gasteiger partial charge in [-0.05, 0) is 37.6 Å². The smallest absolute Gasteiger partial charge is 0.338 e. The molecule has 3 N–H and O–H groups in total. The monoisotopic (exact) mass is 314 g/mol. The number of benzene rings is 1. The van der Waals surface area contributed by atoms with Gasteiger partial charge in [0.05, 0.1) is 10.5 Å². The lowest BCUT2D eigenvalue weighted by molar-refractivity contribution is -0.121. The van der Waals surface area contributed by atoms with Crippen LogP contribution in [-0.2, 0) is 19.6 Å². The lowest BCUT2D eigenvalue weighted by atomic mass is 10.2.